The SMILES string of the molecule is CC[C@H](C)[C@@H]([C@@H](CC(=O)N1CCC[C@H]1[C@H](OC)[C@@H](C)C(=O)C[C@@H](Cc1ccccc1)C(=O)OC)OC)N(C)C(=O)[C@H](CN=[N+]=[N-])CC(=O)[C@@H](NC)C(C)C. The Kier molecular flexibility index (Phi) is 19.9. The lowest BCUT2D eigenvalue weighted by Crippen LogP contribution is -2.54. The van der Waals surface area contributed by atoms with E-state index in [1.54, 1.807) is 30.8 Å². The summed E-state index contributed by atoms with van der Waals surface area (Å²) >= 11 is 0. The fraction of sp³-hybridized carbons (Fsp3) is 0.725. The molecule has 0 aromatic heterocycles. The standard InChI is InChI=1S/C40H64N6O8/c1-11-26(4)37(45(7)39(50)30(24-43-44-41)22-33(48)36(42-6)25(2)3)34(52-8)23-35(49)46-19-15-18-31(46)38(53-9)27(5)32(47)21-29(40(51)54-10)20-28-16-13-12-14-17-28/h12-14,16-17,25-27,29-31,34,36-38,42H,11,15,18-24H2,1-10H3/t26-,27-,29+,30-,31-,34+,36-,37-,38+/m0/s1. The molecule has 0 radical (unpaired) electrons. The third-order valence-electron chi connectivity index (χ3n) is 11.1. The minimum Gasteiger partial charge on any atom is -0.469 e. The number of nitrogens with zero attached hydrogens (tertiary/aromatic N) is 5. The lowest BCUT2D eigenvalue weighted by atomic mass is 9.85. The molecule has 0 bridgehead atoms. The number of Topliss-reactive ketones (excluding diaryl/α,β-unsaturated/α-hetero) is 2. The van der Waals surface area contributed by atoms with Gasteiger partial charge >= 0.3 is 5.97 Å². The second-order valence-electron chi connectivity index (χ2n) is 15.0. The van der Waals surface area contributed by atoms with E-state index in [2.05, 4.69) is 15.3 Å². The summed E-state index contributed by atoms with van der Waals surface area (Å²) in [4.78, 5) is 74.1. The van der Waals surface area contributed by atoms with E-state index in [1.165, 1.54) is 21.3 Å². The van der Waals surface area contributed by atoms with Crippen LogP contribution in [0.5, 0.6) is 0 Å². The summed E-state index contributed by atoms with van der Waals surface area (Å²) in [6, 6.07) is 8.10. The van der Waals surface area contributed by atoms with E-state index >= 15 is 0 Å². The molecule has 0 spiro atoms. The number of esters is 1. The van der Waals surface area contributed by atoms with Gasteiger partial charge in [-0.1, -0.05) is 76.5 Å². The second-order valence-corrected chi connectivity index (χ2v) is 15.0. The molecule has 1 aliphatic rings. The number of amides is 2. The molecule has 14 nitrogen and oxygen atoms in total. The zero-order valence-corrected chi connectivity index (χ0v) is 34.0. The Morgan fingerprint density at radius 2 is 1.63 bits per heavy atom. The average Bonchev–Trinajstić information content (AvgIpc) is 3.65. The molecular formula is C40H64N6O8. The van der Waals surface area contributed by atoms with Crippen molar-refractivity contribution in [1.29, 1.82) is 0 Å². The quantitative estimate of drug-likeness (QED) is 0.0655. The Labute approximate surface area is 321 Å². The molecule has 54 heavy (non-hydrogen) atoms. The molecular weight excluding hydrogens is 692 g/mol. The number of rotatable bonds is 24. The predicted octanol–water partition coefficient (Wildman–Crippen LogP) is 5.03. The smallest absolute Gasteiger partial charge is 0.309 e. The summed E-state index contributed by atoms with van der Waals surface area (Å²) in [6.45, 7) is 9.89. The van der Waals surface area contributed by atoms with Gasteiger partial charge in [-0.15, -0.1) is 0 Å². The summed E-state index contributed by atoms with van der Waals surface area (Å²) in [5.74, 6) is -3.56. The molecule has 1 saturated heterocycles. The van der Waals surface area contributed by atoms with Gasteiger partial charge in [-0.3, -0.25) is 24.0 Å². The number of carbonyl (C=O) groups excluding carboxylic acids is 5. The highest BCUT2D eigenvalue weighted by Gasteiger charge is 2.43. The number of hydrogen-bond acceptors (Lipinski definition) is 10. The third kappa shape index (κ3) is 12.6. The Morgan fingerprint density at radius 1 is 0.981 bits per heavy atom. The lowest BCUT2D eigenvalue weighted by molar-refractivity contribution is -0.149. The number of methoxy groups -OCH3 is 3. The van der Waals surface area contributed by atoms with Crippen molar-refractivity contribution in [3.8, 4) is 0 Å². The first kappa shape index (κ1) is 46.3. The molecule has 0 unspecified atom stereocenters. The first-order valence-electron chi connectivity index (χ1n) is 19.2. The van der Waals surface area contributed by atoms with E-state index in [9.17, 15) is 24.0 Å². The van der Waals surface area contributed by atoms with Gasteiger partial charge in [-0.05, 0) is 49.2 Å². The summed E-state index contributed by atoms with van der Waals surface area (Å²) < 4.78 is 17.0. The minimum absolute atomic E-state index is 0.00293. The largest absolute Gasteiger partial charge is 0.469 e. The van der Waals surface area contributed by atoms with Crippen LogP contribution in [0, 0.1) is 29.6 Å². The van der Waals surface area contributed by atoms with Gasteiger partial charge in [0.25, 0.3) is 0 Å². The van der Waals surface area contributed by atoms with E-state index in [1.807, 2.05) is 58.0 Å². The van der Waals surface area contributed by atoms with Crippen LogP contribution >= 0.6 is 0 Å². The molecule has 2 rings (SSSR count). The van der Waals surface area contributed by atoms with Crippen molar-refractivity contribution in [2.24, 2.45) is 34.7 Å². The molecule has 1 aromatic rings. The monoisotopic (exact) mass is 756 g/mol. The molecule has 1 aromatic carbocycles. The van der Waals surface area contributed by atoms with Crippen molar-refractivity contribution in [3.63, 3.8) is 0 Å². The summed E-state index contributed by atoms with van der Waals surface area (Å²) in [6.07, 6.45) is 0.934. The maximum absolute atomic E-state index is 14.2. The van der Waals surface area contributed by atoms with Gasteiger partial charge in [0.05, 0.1) is 55.7 Å². The van der Waals surface area contributed by atoms with Crippen LogP contribution < -0.4 is 5.32 Å². The van der Waals surface area contributed by atoms with Crippen molar-refractivity contribution in [2.45, 2.75) is 110 Å². The van der Waals surface area contributed by atoms with Crippen molar-refractivity contribution in [3.05, 3.63) is 46.3 Å². The van der Waals surface area contributed by atoms with Crippen LogP contribution in [0.2, 0.25) is 0 Å². The fourth-order valence-corrected chi connectivity index (χ4v) is 7.96. The Morgan fingerprint density at radius 3 is 2.17 bits per heavy atom. The van der Waals surface area contributed by atoms with Crippen LogP contribution in [0.25, 0.3) is 10.4 Å². The molecule has 1 heterocycles. The van der Waals surface area contributed by atoms with Crippen LogP contribution in [0.3, 0.4) is 0 Å². The number of ether oxygens (including phenoxy) is 3. The maximum atomic E-state index is 14.2. The first-order chi connectivity index (χ1) is 25.7. The number of hydrogen-bond donors (Lipinski definition) is 1. The van der Waals surface area contributed by atoms with Crippen LogP contribution in [0.1, 0.15) is 78.7 Å². The summed E-state index contributed by atoms with van der Waals surface area (Å²) in [7, 11) is 7.71. The lowest BCUT2D eigenvalue weighted by Gasteiger charge is -2.40. The van der Waals surface area contributed by atoms with Crippen molar-refractivity contribution >= 4 is 29.4 Å². The molecule has 0 saturated carbocycles. The van der Waals surface area contributed by atoms with Gasteiger partial charge in [0, 0.05) is 58.0 Å². The summed E-state index contributed by atoms with van der Waals surface area (Å²) in [5.41, 5.74) is 10.00. The second kappa shape index (κ2) is 23.2. The van der Waals surface area contributed by atoms with Gasteiger partial charge in [-0.2, -0.15) is 0 Å². The Balaban J connectivity index is 2.29. The number of ketones is 2. The third-order valence-corrected chi connectivity index (χ3v) is 11.1. The van der Waals surface area contributed by atoms with E-state index < -0.39 is 48.0 Å². The average molecular weight is 757 g/mol. The fourth-order valence-electron chi connectivity index (χ4n) is 7.96. The van der Waals surface area contributed by atoms with Crippen molar-refractivity contribution in [1.82, 2.24) is 15.1 Å². The number of azide groups is 1. The van der Waals surface area contributed by atoms with Gasteiger partial charge in [0.2, 0.25) is 11.8 Å². The van der Waals surface area contributed by atoms with Gasteiger partial charge < -0.3 is 29.3 Å². The highest BCUT2D eigenvalue weighted by Crippen LogP contribution is 2.31. The van der Waals surface area contributed by atoms with Crippen LogP contribution in [-0.4, -0.2) is 118 Å². The van der Waals surface area contributed by atoms with E-state index in [0.29, 0.717) is 25.8 Å². The Bertz CT molecular complexity index is 1420. The van der Waals surface area contributed by atoms with Crippen molar-refractivity contribution < 1.29 is 38.2 Å². The van der Waals surface area contributed by atoms with Gasteiger partial charge in [-0.25, -0.2) is 0 Å². The normalized spacial score (nSPS) is 18.7. The minimum atomic E-state index is -0.885. The molecule has 1 fully saturated rings. The molecule has 9 atom stereocenters. The van der Waals surface area contributed by atoms with E-state index in [4.69, 9.17) is 19.7 Å². The van der Waals surface area contributed by atoms with Gasteiger partial charge in [0.15, 0.2) is 5.78 Å². The maximum Gasteiger partial charge on any atom is 0.309 e. The van der Waals surface area contributed by atoms with E-state index in [-0.39, 0.29) is 67.1 Å². The Hall–Kier alpha value is -3.84. The first-order valence-corrected chi connectivity index (χ1v) is 19.2. The van der Waals surface area contributed by atoms with E-state index in [0.717, 1.165) is 12.0 Å². The van der Waals surface area contributed by atoms with Gasteiger partial charge in [0.1, 0.15) is 5.78 Å². The predicted molar refractivity (Wildman–Crippen MR) is 206 cm³/mol. The topological polar surface area (TPSA) is 180 Å². The highest BCUT2D eigenvalue weighted by atomic mass is 16.5. The highest BCUT2D eigenvalue weighted by molar-refractivity contribution is 5.90. The number of nitrogens with one attached hydrogen (secondary N) is 1. The molecule has 302 valence electrons. The van der Waals surface area contributed by atoms with Crippen LogP contribution in [0.4, 0.5) is 0 Å². The molecule has 2 amide bonds. The number of likely N-dealkylation sites (tertiary alicyclic amines) is 1. The molecule has 1 aliphatic heterocycles. The zero-order chi connectivity index (χ0) is 40.5. The zero-order valence-electron chi connectivity index (χ0n) is 34.0. The molecule has 0 aliphatic carbocycles. The van der Waals surface area contributed by atoms with Crippen LogP contribution in [-0.2, 0) is 44.6 Å². The summed E-state index contributed by atoms with van der Waals surface area (Å²) in [5, 5.41) is 6.69. The number of carbonyl (C=O) groups is 5. The molecule has 1 N–H and O–H groups in total. The van der Waals surface area contributed by atoms with Crippen molar-refractivity contribution in [2.75, 3.05) is 48.5 Å². The molecule has 14 heteroatoms. The van der Waals surface area contributed by atoms with Crippen LogP contribution in [0.15, 0.2) is 35.4 Å². The number of likely N-dealkylation sites (N-methyl/N-ethyl adjacent to an activating group) is 2. The number of benzene rings is 1.